The Hall–Kier alpha value is -10.0. The van der Waals surface area contributed by atoms with E-state index >= 15 is 0 Å². The lowest BCUT2D eigenvalue weighted by Gasteiger charge is -2.47. The van der Waals surface area contributed by atoms with Crippen molar-refractivity contribution in [2.45, 2.75) is 0 Å². The van der Waals surface area contributed by atoms with E-state index in [0.717, 1.165) is 136 Å². The normalized spacial score (nSPS) is 13.9. The average Bonchev–Trinajstić information content (AvgIpc) is 3.97. The summed E-state index contributed by atoms with van der Waals surface area (Å²) in [6, 6.07) is 76.9. The molecule has 4 aliphatic rings. The van der Waals surface area contributed by atoms with Crippen LogP contribution < -0.4 is 39.2 Å². The maximum absolute atomic E-state index is 5.74. The Kier molecular flexibility index (Phi) is 9.46. The lowest BCUT2D eigenvalue weighted by molar-refractivity contribution is 0.940. The summed E-state index contributed by atoms with van der Waals surface area (Å²) < 4.78 is 2.19. The number of hydrogen-bond donors (Lipinski definition) is 0. The van der Waals surface area contributed by atoms with Crippen LogP contribution in [0.15, 0.2) is 219 Å². The molecule has 366 valence electrons. The second-order valence-electron chi connectivity index (χ2n) is 19.8. The van der Waals surface area contributed by atoms with Crippen molar-refractivity contribution >= 4 is 125 Å². The van der Waals surface area contributed by atoms with Gasteiger partial charge in [0.05, 0.1) is 119 Å². The number of anilines is 20. The van der Waals surface area contributed by atoms with E-state index in [1.54, 1.807) is 0 Å². The van der Waals surface area contributed by atoms with Crippen molar-refractivity contribution in [3.63, 3.8) is 0 Å². The highest BCUT2D eigenvalue weighted by molar-refractivity contribution is 6.18. The molecule has 0 bridgehead atoms. The smallest absolute Gasteiger partial charge is 0.160 e. The molecule has 0 atom stereocenters. The molecule has 0 amide bonds. The van der Waals surface area contributed by atoms with Gasteiger partial charge in [0.2, 0.25) is 0 Å². The summed E-state index contributed by atoms with van der Waals surface area (Å²) in [4.78, 5) is 30.1. The number of benzene rings is 9. The van der Waals surface area contributed by atoms with Crippen molar-refractivity contribution in [3.05, 3.63) is 219 Å². The summed E-state index contributed by atoms with van der Waals surface area (Å²) in [5.41, 5.74) is 23.3. The van der Waals surface area contributed by atoms with Crippen LogP contribution >= 0.6 is 0 Å². The molecule has 15 rings (SSSR count). The van der Waals surface area contributed by atoms with Crippen LogP contribution in [-0.2, 0) is 7.05 Å². The number of rotatable bonds is 5. The molecule has 11 nitrogen and oxygen atoms in total. The van der Waals surface area contributed by atoms with Crippen LogP contribution in [-0.4, -0.2) is 42.7 Å². The number of aromatic nitrogens is 3. The maximum atomic E-state index is 5.74. The minimum atomic E-state index is 0.768. The number of nitrogens with zero attached hydrogens (tertiary/aromatic N) is 11. The number of para-hydroxylation sites is 16. The molecule has 0 aliphatic carbocycles. The molecule has 0 spiro atoms. The van der Waals surface area contributed by atoms with Gasteiger partial charge in [0.25, 0.3) is 0 Å². The molecule has 0 saturated heterocycles. The fourth-order valence-electron chi connectivity index (χ4n) is 12.4. The molecule has 0 saturated carbocycles. The van der Waals surface area contributed by atoms with E-state index in [1.165, 1.54) is 0 Å². The molecular formula is C65H51N11. The van der Waals surface area contributed by atoms with Crippen LogP contribution in [0.3, 0.4) is 0 Å². The lowest BCUT2D eigenvalue weighted by atomic mass is 9.94. The van der Waals surface area contributed by atoms with Crippen LogP contribution in [0, 0.1) is 0 Å². The van der Waals surface area contributed by atoms with Crippen molar-refractivity contribution in [3.8, 4) is 11.4 Å². The van der Waals surface area contributed by atoms with E-state index < -0.39 is 0 Å². The Labute approximate surface area is 441 Å². The fourth-order valence-corrected chi connectivity index (χ4v) is 12.4. The van der Waals surface area contributed by atoms with Gasteiger partial charge in [0.15, 0.2) is 5.65 Å². The van der Waals surface area contributed by atoms with Gasteiger partial charge in [-0.15, -0.1) is 0 Å². The molecule has 9 aromatic carbocycles. The highest BCUT2D eigenvalue weighted by atomic mass is 15.4. The summed E-state index contributed by atoms with van der Waals surface area (Å²) in [6.45, 7) is 0. The summed E-state index contributed by atoms with van der Waals surface area (Å²) in [7, 11) is 10.8. The third kappa shape index (κ3) is 6.04. The Morgan fingerprint density at radius 2 is 0.566 bits per heavy atom. The molecule has 0 unspecified atom stereocenters. The van der Waals surface area contributed by atoms with Crippen molar-refractivity contribution in [1.29, 1.82) is 0 Å². The zero-order valence-corrected chi connectivity index (χ0v) is 42.7. The lowest BCUT2D eigenvalue weighted by Crippen LogP contribution is -2.31. The minimum absolute atomic E-state index is 0.768. The van der Waals surface area contributed by atoms with Crippen molar-refractivity contribution < 1.29 is 0 Å². The number of hydrogen-bond acceptors (Lipinski definition) is 10. The van der Waals surface area contributed by atoms with Crippen molar-refractivity contribution in [2.75, 3.05) is 67.4 Å². The minimum Gasteiger partial charge on any atom is -0.341 e. The van der Waals surface area contributed by atoms with Gasteiger partial charge < -0.3 is 43.8 Å². The van der Waals surface area contributed by atoms with E-state index in [0.29, 0.717) is 0 Å². The van der Waals surface area contributed by atoms with Crippen LogP contribution in [0.1, 0.15) is 0 Å². The molecule has 11 aromatic rings. The number of pyridine rings is 1. The highest BCUT2D eigenvalue weighted by Crippen LogP contribution is 2.67. The maximum Gasteiger partial charge on any atom is 0.160 e. The SMILES string of the molecule is CN1c2ccccc2N(c2cc(N3c4ccccc4N(C)c4ccccc43)c(N3c4ccccc4N(C)c4ccccc43)c(N3c4ccccc4N(C)c4ccccc43)c2-c2nc3cccnc3n2C)c2ccccc21. The quantitative estimate of drug-likeness (QED) is 0.167. The second kappa shape index (κ2) is 16.5. The zero-order chi connectivity index (χ0) is 50.9. The van der Waals surface area contributed by atoms with Crippen LogP contribution in [0.25, 0.3) is 22.6 Å². The molecule has 0 fully saturated rings. The van der Waals surface area contributed by atoms with Gasteiger partial charge in [-0.25, -0.2) is 9.97 Å². The molecule has 0 N–H and O–H groups in total. The molecule has 6 heterocycles. The number of fused-ring (bicyclic) bond motifs is 9. The van der Waals surface area contributed by atoms with Crippen LogP contribution in [0.2, 0.25) is 0 Å². The van der Waals surface area contributed by atoms with E-state index in [1.807, 2.05) is 12.3 Å². The predicted molar refractivity (Wildman–Crippen MR) is 315 cm³/mol. The zero-order valence-electron chi connectivity index (χ0n) is 42.7. The van der Waals surface area contributed by atoms with E-state index in [-0.39, 0.29) is 0 Å². The van der Waals surface area contributed by atoms with E-state index in [9.17, 15) is 0 Å². The Balaban J connectivity index is 1.23. The van der Waals surface area contributed by atoms with Gasteiger partial charge >= 0.3 is 0 Å². The Morgan fingerprint density at radius 3 is 0.895 bits per heavy atom. The third-order valence-corrected chi connectivity index (χ3v) is 15.9. The molecule has 11 heteroatoms. The standard InChI is InChI=1S/C65H51N11/c1-68-43-24-6-14-32-51(43)73(52-33-15-7-25-44(52)68)59-41-60(74-53-34-16-8-26-45(53)69(2)46-27-9-17-35-54(46)74)62(75-55-36-18-10-28-47(55)70(3)48-29-11-19-37-56(48)75)63(61(59)65-67-42-23-22-40-66-64(42)72(65)5)76-57-38-20-12-30-49(57)71(4)50-31-13-21-39-58(50)76/h6-41H,1-5H3. The Morgan fingerprint density at radius 1 is 0.276 bits per heavy atom. The molecular weight excluding hydrogens is 935 g/mol. The van der Waals surface area contributed by atoms with E-state index in [4.69, 9.17) is 9.97 Å². The average molecular weight is 986 g/mol. The fraction of sp³-hybridized carbons (Fsp3) is 0.0769. The van der Waals surface area contributed by atoms with Crippen LogP contribution in [0.4, 0.5) is 114 Å². The molecule has 0 radical (unpaired) electrons. The van der Waals surface area contributed by atoms with Gasteiger partial charge in [-0.1, -0.05) is 97.1 Å². The van der Waals surface area contributed by atoms with Gasteiger partial charge in [0.1, 0.15) is 11.3 Å². The molecule has 2 aromatic heterocycles. The van der Waals surface area contributed by atoms with Gasteiger partial charge in [-0.05, 0) is 115 Å². The van der Waals surface area contributed by atoms with Gasteiger partial charge in [-0.3, -0.25) is 0 Å². The first-order valence-electron chi connectivity index (χ1n) is 25.7. The van der Waals surface area contributed by atoms with E-state index in [2.05, 4.69) is 285 Å². The van der Waals surface area contributed by atoms with Crippen molar-refractivity contribution in [1.82, 2.24) is 14.5 Å². The van der Waals surface area contributed by atoms with Gasteiger partial charge in [-0.2, -0.15) is 0 Å². The topological polar surface area (TPSA) is 56.6 Å². The monoisotopic (exact) mass is 985 g/mol. The second-order valence-corrected chi connectivity index (χ2v) is 19.8. The summed E-state index contributed by atoms with van der Waals surface area (Å²) in [6.07, 6.45) is 1.87. The number of imidazole rings is 1. The predicted octanol–water partition coefficient (Wildman–Crippen LogP) is 16.8. The summed E-state index contributed by atoms with van der Waals surface area (Å²) in [5.74, 6) is 0.768. The summed E-state index contributed by atoms with van der Waals surface area (Å²) >= 11 is 0. The summed E-state index contributed by atoms with van der Waals surface area (Å²) in [5, 5.41) is 0. The van der Waals surface area contributed by atoms with Crippen LogP contribution in [0.5, 0.6) is 0 Å². The first kappa shape index (κ1) is 43.6. The molecule has 4 aliphatic heterocycles. The first-order valence-corrected chi connectivity index (χ1v) is 25.7. The largest absolute Gasteiger partial charge is 0.341 e. The highest BCUT2D eigenvalue weighted by Gasteiger charge is 2.43. The van der Waals surface area contributed by atoms with Crippen molar-refractivity contribution in [2.24, 2.45) is 7.05 Å². The third-order valence-electron chi connectivity index (χ3n) is 15.9. The Bertz CT molecular complexity index is 3990. The van der Waals surface area contributed by atoms with Gasteiger partial charge in [0, 0.05) is 41.4 Å². The number of aryl methyl sites for hydroxylation is 1. The first-order chi connectivity index (χ1) is 37.4. The molecule has 76 heavy (non-hydrogen) atoms.